The molecule has 1 amide bonds. The van der Waals surface area contributed by atoms with E-state index < -0.39 is 0 Å². The molecule has 1 aromatic rings. The molecule has 0 saturated carbocycles. The van der Waals surface area contributed by atoms with Gasteiger partial charge in [0.2, 0.25) is 5.91 Å². The highest BCUT2D eigenvalue weighted by molar-refractivity contribution is 7.80. The fourth-order valence-corrected chi connectivity index (χ4v) is 1.82. The summed E-state index contributed by atoms with van der Waals surface area (Å²) in [7, 11) is 4.97. The Labute approximate surface area is 113 Å². The first-order chi connectivity index (χ1) is 8.62. The normalized spacial score (nSPS) is 10.0. The van der Waals surface area contributed by atoms with Gasteiger partial charge in [-0.25, -0.2) is 0 Å². The first kappa shape index (κ1) is 14.7. The number of methoxy groups -OCH3 is 2. The first-order valence-electron chi connectivity index (χ1n) is 5.68. The average molecular weight is 269 g/mol. The molecule has 4 nitrogen and oxygen atoms in total. The molecule has 0 atom stereocenters. The number of benzene rings is 1. The van der Waals surface area contributed by atoms with Gasteiger partial charge in [0.15, 0.2) is 11.5 Å². The fraction of sp³-hybridized carbons (Fsp3) is 0.462. The van der Waals surface area contributed by atoms with Crippen molar-refractivity contribution in [2.24, 2.45) is 0 Å². The van der Waals surface area contributed by atoms with Crippen LogP contribution in [0.2, 0.25) is 0 Å². The molecule has 5 heteroatoms. The molecular weight excluding hydrogens is 250 g/mol. The van der Waals surface area contributed by atoms with E-state index in [-0.39, 0.29) is 5.91 Å². The Hall–Kier alpha value is -1.36. The van der Waals surface area contributed by atoms with E-state index in [4.69, 9.17) is 9.47 Å². The summed E-state index contributed by atoms with van der Waals surface area (Å²) in [4.78, 5) is 13.3. The minimum atomic E-state index is 0.0831. The van der Waals surface area contributed by atoms with Gasteiger partial charge in [-0.3, -0.25) is 4.79 Å². The number of hydrogen-bond acceptors (Lipinski definition) is 4. The lowest BCUT2D eigenvalue weighted by molar-refractivity contribution is -0.129. The van der Waals surface area contributed by atoms with Crippen LogP contribution in [0.1, 0.15) is 12.0 Å². The summed E-state index contributed by atoms with van der Waals surface area (Å²) < 4.78 is 10.4. The summed E-state index contributed by atoms with van der Waals surface area (Å²) >= 11 is 4.05. The predicted molar refractivity (Wildman–Crippen MR) is 74.5 cm³/mol. The summed E-state index contributed by atoms with van der Waals surface area (Å²) in [6.07, 6.45) is 0.451. The highest BCUT2D eigenvalue weighted by atomic mass is 32.1. The topological polar surface area (TPSA) is 38.8 Å². The van der Waals surface area contributed by atoms with Crippen molar-refractivity contribution < 1.29 is 14.3 Å². The maximum Gasteiger partial charge on any atom is 0.223 e. The van der Waals surface area contributed by atoms with E-state index in [1.165, 1.54) is 0 Å². The molecule has 0 radical (unpaired) electrons. The van der Waals surface area contributed by atoms with Crippen molar-refractivity contribution in [1.82, 2.24) is 4.90 Å². The van der Waals surface area contributed by atoms with Crippen LogP contribution >= 0.6 is 12.6 Å². The molecule has 0 aromatic heterocycles. The lowest BCUT2D eigenvalue weighted by atomic mass is 10.2. The van der Waals surface area contributed by atoms with Crippen molar-refractivity contribution in [2.45, 2.75) is 13.0 Å². The number of thiol groups is 1. The average Bonchev–Trinajstić information content (AvgIpc) is 2.38. The minimum Gasteiger partial charge on any atom is -0.493 e. The van der Waals surface area contributed by atoms with Crippen molar-refractivity contribution in [2.75, 3.05) is 27.0 Å². The van der Waals surface area contributed by atoms with E-state index in [9.17, 15) is 4.79 Å². The smallest absolute Gasteiger partial charge is 0.223 e. The maximum absolute atomic E-state index is 11.6. The van der Waals surface area contributed by atoms with Crippen LogP contribution in [0.25, 0.3) is 0 Å². The standard InChI is InChI=1S/C13H19NO3S/c1-14(13(15)6-7-18)9-10-4-5-11(16-2)12(8-10)17-3/h4-5,8,18H,6-7,9H2,1-3H3. The summed E-state index contributed by atoms with van der Waals surface area (Å²) in [5, 5.41) is 0. The van der Waals surface area contributed by atoms with Crippen LogP contribution in [0.5, 0.6) is 11.5 Å². The Bertz CT molecular complexity index is 409. The SMILES string of the molecule is COc1ccc(CN(C)C(=O)CCS)cc1OC. The number of nitrogens with zero attached hydrogens (tertiary/aromatic N) is 1. The van der Waals surface area contributed by atoms with E-state index in [0.717, 1.165) is 5.56 Å². The van der Waals surface area contributed by atoms with Gasteiger partial charge < -0.3 is 14.4 Å². The monoisotopic (exact) mass is 269 g/mol. The van der Waals surface area contributed by atoms with E-state index in [1.807, 2.05) is 18.2 Å². The summed E-state index contributed by atoms with van der Waals surface area (Å²) in [5.41, 5.74) is 1.00. The number of rotatable bonds is 6. The summed E-state index contributed by atoms with van der Waals surface area (Å²) in [6, 6.07) is 5.64. The Balaban J connectivity index is 2.76. The second-order valence-corrected chi connectivity index (χ2v) is 4.36. The lowest BCUT2D eigenvalue weighted by Crippen LogP contribution is -2.26. The highest BCUT2D eigenvalue weighted by Crippen LogP contribution is 2.27. The molecule has 0 fully saturated rings. The van der Waals surface area contributed by atoms with Crippen LogP contribution in [0.3, 0.4) is 0 Å². The van der Waals surface area contributed by atoms with Crippen molar-refractivity contribution in [3.8, 4) is 11.5 Å². The van der Waals surface area contributed by atoms with Gasteiger partial charge in [0.1, 0.15) is 0 Å². The second kappa shape index (κ2) is 7.16. The molecule has 0 bridgehead atoms. The number of hydrogen-bond donors (Lipinski definition) is 1. The third-order valence-corrected chi connectivity index (χ3v) is 2.84. The molecule has 0 N–H and O–H groups in total. The molecule has 18 heavy (non-hydrogen) atoms. The molecule has 0 saturated heterocycles. The van der Waals surface area contributed by atoms with Crippen molar-refractivity contribution in [1.29, 1.82) is 0 Å². The lowest BCUT2D eigenvalue weighted by Gasteiger charge is -2.17. The number of ether oxygens (including phenoxy) is 2. The van der Waals surface area contributed by atoms with Gasteiger partial charge in [-0.15, -0.1) is 0 Å². The minimum absolute atomic E-state index is 0.0831. The Morgan fingerprint density at radius 1 is 1.28 bits per heavy atom. The number of carbonyl (C=O) groups is 1. The summed E-state index contributed by atoms with van der Waals surface area (Å²) in [5.74, 6) is 2.00. The van der Waals surface area contributed by atoms with Crippen LogP contribution in [0, 0.1) is 0 Å². The predicted octanol–water partition coefficient (Wildman–Crippen LogP) is 1.98. The summed E-state index contributed by atoms with van der Waals surface area (Å²) in [6.45, 7) is 0.549. The van der Waals surface area contributed by atoms with Gasteiger partial charge in [0, 0.05) is 20.0 Å². The van der Waals surface area contributed by atoms with E-state index >= 15 is 0 Å². The van der Waals surface area contributed by atoms with Gasteiger partial charge in [-0.05, 0) is 23.4 Å². The largest absolute Gasteiger partial charge is 0.493 e. The van der Waals surface area contributed by atoms with Crippen LogP contribution in [0.4, 0.5) is 0 Å². The van der Waals surface area contributed by atoms with Gasteiger partial charge in [0.25, 0.3) is 0 Å². The van der Waals surface area contributed by atoms with Crippen LogP contribution in [-0.2, 0) is 11.3 Å². The zero-order chi connectivity index (χ0) is 13.5. The quantitative estimate of drug-likeness (QED) is 0.803. The van der Waals surface area contributed by atoms with Gasteiger partial charge in [-0.1, -0.05) is 6.07 Å². The van der Waals surface area contributed by atoms with Crippen molar-refractivity contribution >= 4 is 18.5 Å². The van der Waals surface area contributed by atoms with Crippen LogP contribution < -0.4 is 9.47 Å². The second-order valence-electron chi connectivity index (χ2n) is 3.91. The molecule has 0 spiro atoms. The Kier molecular flexibility index (Phi) is 5.85. The Morgan fingerprint density at radius 2 is 1.94 bits per heavy atom. The number of amides is 1. The molecule has 1 aromatic carbocycles. The van der Waals surface area contributed by atoms with Crippen molar-refractivity contribution in [3.05, 3.63) is 23.8 Å². The third kappa shape index (κ3) is 3.84. The van der Waals surface area contributed by atoms with E-state index in [1.54, 1.807) is 26.2 Å². The zero-order valence-corrected chi connectivity index (χ0v) is 11.9. The van der Waals surface area contributed by atoms with Gasteiger partial charge >= 0.3 is 0 Å². The maximum atomic E-state index is 11.6. The van der Waals surface area contributed by atoms with Crippen LogP contribution in [0.15, 0.2) is 18.2 Å². The Morgan fingerprint density at radius 3 is 2.50 bits per heavy atom. The molecule has 100 valence electrons. The number of carbonyl (C=O) groups excluding carboxylic acids is 1. The molecule has 0 unspecified atom stereocenters. The molecule has 0 aliphatic carbocycles. The highest BCUT2D eigenvalue weighted by Gasteiger charge is 2.10. The van der Waals surface area contributed by atoms with Crippen molar-refractivity contribution in [3.63, 3.8) is 0 Å². The fourth-order valence-electron chi connectivity index (χ4n) is 1.63. The van der Waals surface area contributed by atoms with Crippen LogP contribution in [-0.4, -0.2) is 37.8 Å². The van der Waals surface area contributed by atoms with Gasteiger partial charge in [0.05, 0.1) is 14.2 Å². The molecule has 0 heterocycles. The van der Waals surface area contributed by atoms with Gasteiger partial charge in [-0.2, -0.15) is 12.6 Å². The molecule has 0 aliphatic rings. The zero-order valence-electron chi connectivity index (χ0n) is 11.0. The van der Waals surface area contributed by atoms with E-state index in [0.29, 0.717) is 30.2 Å². The molecular formula is C13H19NO3S. The third-order valence-electron chi connectivity index (χ3n) is 2.62. The molecule has 0 aliphatic heterocycles. The molecule has 1 rings (SSSR count). The van der Waals surface area contributed by atoms with E-state index in [2.05, 4.69) is 12.6 Å². The first-order valence-corrected chi connectivity index (χ1v) is 6.31.